The Morgan fingerprint density at radius 1 is 1.21 bits per heavy atom. The van der Waals surface area contributed by atoms with Crippen molar-refractivity contribution in [3.05, 3.63) is 65.2 Å². The normalized spacial score (nSPS) is 18.9. The molecule has 3 N–H and O–H groups in total. The number of hydrogen-bond acceptors (Lipinski definition) is 3. The topological polar surface area (TPSA) is 70.6 Å². The molecular weight excluding hydrogens is 304 g/mol. The SMILES string of the molecule is CCOCc1ccc(NC(=O)N[C@H]2c3ccccc3C[C@H]2O)cc1. The number of urea groups is 1. The van der Waals surface area contributed by atoms with Crippen molar-refractivity contribution in [2.75, 3.05) is 11.9 Å². The lowest BCUT2D eigenvalue weighted by atomic mass is 10.1. The molecule has 2 atom stereocenters. The summed E-state index contributed by atoms with van der Waals surface area (Å²) in [5.41, 5.74) is 3.82. The van der Waals surface area contributed by atoms with Gasteiger partial charge in [-0.05, 0) is 35.7 Å². The number of carbonyl (C=O) groups excluding carboxylic acids is 1. The molecule has 0 aliphatic heterocycles. The molecule has 1 aliphatic rings. The van der Waals surface area contributed by atoms with Crippen LogP contribution in [-0.2, 0) is 17.8 Å². The van der Waals surface area contributed by atoms with Gasteiger partial charge in [-0.15, -0.1) is 0 Å². The van der Waals surface area contributed by atoms with Crippen molar-refractivity contribution >= 4 is 11.7 Å². The van der Waals surface area contributed by atoms with Gasteiger partial charge in [0.25, 0.3) is 0 Å². The Bertz CT molecular complexity index is 700. The number of amides is 2. The summed E-state index contributed by atoms with van der Waals surface area (Å²) in [6, 6.07) is 14.6. The lowest BCUT2D eigenvalue weighted by Gasteiger charge is -2.18. The summed E-state index contributed by atoms with van der Waals surface area (Å²) in [6.07, 6.45) is -0.0329. The molecule has 0 saturated carbocycles. The number of carbonyl (C=O) groups is 1. The van der Waals surface area contributed by atoms with Crippen LogP contribution in [0.3, 0.4) is 0 Å². The molecule has 0 fully saturated rings. The third-order valence-corrected chi connectivity index (χ3v) is 4.18. The second kappa shape index (κ2) is 7.47. The Labute approximate surface area is 141 Å². The van der Waals surface area contributed by atoms with E-state index in [0.717, 1.165) is 16.7 Å². The zero-order chi connectivity index (χ0) is 16.9. The maximum atomic E-state index is 12.2. The average molecular weight is 326 g/mol. The average Bonchev–Trinajstić information content (AvgIpc) is 2.90. The molecule has 3 rings (SSSR count). The van der Waals surface area contributed by atoms with Gasteiger partial charge in [-0.3, -0.25) is 0 Å². The number of aliphatic hydroxyl groups excluding tert-OH is 1. The van der Waals surface area contributed by atoms with E-state index in [9.17, 15) is 9.90 Å². The number of benzene rings is 2. The predicted octanol–water partition coefficient (Wildman–Crippen LogP) is 3.00. The summed E-state index contributed by atoms with van der Waals surface area (Å²) in [6.45, 7) is 3.19. The molecule has 0 saturated heterocycles. The van der Waals surface area contributed by atoms with E-state index in [2.05, 4.69) is 10.6 Å². The summed E-state index contributed by atoms with van der Waals surface area (Å²) in [5.74, 6) is 0. The molecule has 0 heterocycles. The fourth-order valence-electron chi connectivity index (χ4n) is 2.96. The van der Waals surface area contributed by atoms with E-state index in [1.165, 1.54) is 0 Å². The Balaban J connectivity index is 1.60. The van der Waals surface area contributed by atoms with E-state index in [-0.39, 0.29) is 12.1 Å². The number of ether oxygens (including phenoxy) is 1. The van der Waals surface area contributed by atoms with Crippen LogP contribution >= 0.6 is 0 Å². The first kappa shape index (κ1) is 16.5. The molecule has 0 aromatic heterocycles. The van der Waals surface area contributed by atoms with Gasteiger partial charge < -0.3 is 20.5 Å². The second-order valence-electron chi connectivity index (χ2n) is 5.88. The van der Waals surface area contributed by atoms with Crippen molar-refractivity contribution in [3.8, 4) is 0 Å². The first-order valence-corrected chi connectivity index (χ1v) is 8.17. The van der Waals surface area contributed by atoms with E-state index in [0.29, 0.717) is 25.3 Å². The highest BCUT2D eigenvalue weighted by molar-refractivity contribution is 5.89. The van der Waals surface area contributed by atoms with E-state index in [1.54, 1.807) is 0 Å². The molecule has 126 valence electrons. The van der Waals surface area contributed by atoms with Gasteiger partial charge in [0.2, 0.25) is 0 Å². The van der Waals surface area contributed by atoms with E-state index < -0.39 is 6.10 Å². The molecule has 0 radical (unpaired) electrons. The van der Waals surface area contributed by atoms with Gasteiger partial charge in [0, 0.05) is 18.7 Å². The maximum absolute atomic E-state index is 12.2. The first-order chi connectivity index (χ1) is 11.7. The standard InChI is InChI=1S/C19H22N2O3/c1-2-24-12-13-7-9-15(10-8-13)20-19(23)21-18-16-6-4-3-5-14(16)11-17(18)22/h3-10,17-18,22H,2,11-12H2,1H3,(H2,20,21,23)/t17-,18+/m1/s1. The Morgan fingerprint density at radius 2 is 1.96 bits per heavy atom. The molecule has 24 heavy (non-hydrogen) atoms. The van der Waals surface area contributed by atoms with Crippen LogP contribution in [0.25, 0.3) is 0 Å². The lowest BCUT2D eigenvalue weighted by Crippen LogP contribution is -2.36. The molecule has 2 aromatic rings. The fourth-order valence-corrected chi connectivity index (χ4v) is 2.96. The number of nitrogens with one attached hydrogen (secondary N) is 2. The van der Waals surface area contributed by atoms with E-state index in [4.69, 9.17) is 4.74 Å². The number of fused-ring (bicyclic) bond motifs is 1. The van der Waals surface area contributed by atoms with Crippen LogP contribution in [0.2, 0.25) is 0 Å². The summed E-state index contributed by atoms with van der Waals surface area (Å²) in [4.78, 5) is 12.2. The molecule has 5 heteroatoms. The minimum Gasteiger partial charge on any atom is -0.390 e. The summed E-state index contributed by atoms with van der Waals surface area (Å²) in [5, 5.41) is 15.8. The quantitative estimate of drug-likeness (QED) is 0.791. The first-order valence-electron chi connectivity index (χ1n) is 8.17. The summed E-state index contributed by atoms with van der Waals surface area (Å²) < 4.78 is 5.35. The highest BCUT2D eigenvalue weighted by Gasteiger charge is 2.31. The predicted molar refractivity (Wildman–Crippen MR) is 92.8 cm³/mol. The van der Waals surface area contributed by atoms with Crippen molar-refractivity contribution in [1.82, 2.24) is 5.32 Å². The van der Waals surface area contributed by atoms with Crippen molar-refractivity contribution in [1.29, 1.82) is 0 Å². The zero-order valence-electron chi connectivity index (χ0n) is 13.7. The summed E-state index contributed by atoms with van der Waals surface area (Å²) >= 11 is 0. The van der Waals surface area contributed by atoms with Crippen LogP contribution in [0.1, 0.15) is 29.7 Å². The second-order valence-corrected chi connectivity index (χ2v) is 5.88. The van der Waals surface area contributed by atoms with Crippen LogP contribution in [0.15, 0.2) is 48.5 Å². The highest BCUT2D eigenvalue weighted by Crippen LogP contribution is 2.31. The number of rotatable bonds is 5. The molecule has 2 amide bonds. The summed E-state index contributed by atoms with van der Waals surface area (Å²) in [7, 11) is 0. The van der Waals surface area contributed by atoms with Gasteiger partial charge in [0.05, 0.1) is 18.8 Å². The smallest absolute Gasteiger partial charge is 0.319 e. The maximum Gasteiger partial charge on any atom is 0.319 e. The van der Waals surface area contributed by atoms with Crippen molar-refractivity contribution < 1.29 is 14.6 Å². The largest absolute Gasteiger partial charge is 0.390 e. The van der Waals surface area contributed by atoms with Crippen LogP contribution < -0.4 is 10.6 Å². The Hall–Kier alpha value is -2.37. The van der Waals surface area contributed by atoms with Crippen molar-refractivity contribution in [2.45, 2.75) is 32.1 Å². The van der Waals surface area contributed by atoms with Gasteiger partial charge >= 0.3 is 6.03 Å². The van der Waals surface area contributed by atoms with Crippen LogP contribution in [0.5, 0.6) is 0 Å². The van der Waals surface area contributed by atoms with E-state index >= 15 is 0 Å². The number of aliphatic hydroxyl groups is 1. The third-order valence-electron chi connectivity index (χ3n) is 4.18. The van der Waals surface area contributed by atoms with Crippen LogP contribution in [0.4, 0.5) is 10.5 Å². The van der Waals surface area contributed by atoms with E-state index in [1.807, 2.05) is 55.5 Å². The van der Waals surface area contributed by atoms with Gasteiger partial charge in [-0.2, -0.15) is 0 Å². The van der Waals surface area contributed by atoms with Crippen molar-refractivity contribution in [3.63, 3.8) is 0 Å². The molecule has 2 aromatic carbocycles. The van der Waals surface area contributed by atoms with Crippen LogP contribution in [0, 0.1) is 0 Å². The van der Waals surface area contributed by atoms with Gasteiger partial charge in [0.15, 0.2) is 0 Å². The Morgan fingerprint density at radius 3 is 2.71 bits per heavy atom. The molecule has 0 spiro atoms. The lowest BCUT2D eigenvalue weighted by molar-refractivity contribution is 0.134. The fraction of sp³-hybridized carbons (Fsp3) is 0.316. The number of hydrogen-bond donors (Lipinski definition) is 3. The number of anilines is 1. The molecule has 5 nitrogen and oxygen atoms in total. The highest BCUT2D eigenvalue weighted by atomic mass is 16.5. The minimum atomic E-state index is -0.596. The van der Waals surface area contributed by atoms with Gasteiger partial charge in [0.1, 0.15) is 0 Å². The zero-order valence-corrected chi connectivity index (χ0v) is 13.7. The monoisotopic (exact) mass is 326 g/mol. The third kappa shape index (κ3) is 3.75. The van der Waals surface area contributed by atoms with Crippen molar-refractivity contribution in [2.24, 2.45) is 0 Å². The molecule has 1 aliphatic carbocycles. The van der Waals surface area contributed by atoms with Gasteiger partial charge in [-0.25, -0.2) is 4.79 Å². The van der Waals surface area contributed by atoms with Crippen LogP contribution in [-0.4, -0.2) is 23.8 Å². The molecule has 0 unspecified atom stereocenters. The van der Waals surface area contributed by atoms with Gasteiger partial charge in [-0.1, -0.05) is 36.4 Å². The minimum absolute atomic E-state index is 0.326. The Kier molecular flexibility index (Phi) is 5.13. The molecular formula is C19H22N2O3. The molecule has 0 bridgehead atoms.